The van der Waals surface area contributed by atoms with Crippen LogP contribution in [-0.2, 0) is 0 Å². The number of benzene rings is 2. The SMILES string of the molecule is COc1cccc(C(N)c2nc(-c3csc4ccccc34)cs2)c1. The van der Waals surface area contributed by atoms with Crippen LogP contribution in [-0.4, -0.2) is 12.1 Å². The molecule has 1 unspecified atom stereocenters. The normalized spacial score (nSPS) is 12.4. The number of hydrogen-bond acceptors (Lipinski definition) is 5. The van der Waals surface area contributed by atoms with Crippen LogP contribution in [0.4, 0.5) is 0 Å². The zero-order valence-corrected chi connectivity index (χ0v) is 14.7. The minimum absolute atomic E-state index is 0.247. The molecule has 0 aliphatic rings. The highest BCUT2D eigenvalue weighted by Crippen LogP contribution is 2.35. The van der Waals surface area contributed by atoms with Crippen molar-refractivity contribution in [1.82, 2.24) is 4.98 Å². The van der Waals surface area contributed by atoms with Gasteiger partial charge in [-0.25, -0.2) is 4.98 Å². The van der Waals surface area contributed by atoms with E-state index in [1.807, 2.05) is 24.3 Å². The summed E-state index contributed by atoms with van der Waals surface area (Å²) in [7, 11) is 1.66. The largest absolute Gasteiger partial charge is 0.497 e. The van der Waals surface area contributed by atoms with Gasteiger partial charge in [0.05, 0.1) is 18.8 Å². The number of ether oxygens (including phenoxy) is 1. The minimum Gasteiger partial charge on any atom is -0.497 e. The van der Waals surface area contributed by atoms with E-state index in [0.717, 1.165) is 22.0 Å². The van der Waals surface area contributed by atoms with Gasteiger partial charge in [0.15, 0.2) is 0 Å². The van der Waals surface area contributed by atoms with E-state index in [4.69, 9.17) is 15.5 Å². The molecular weight excluding hydrogens is 336 g/mol. The van der Waals surface area contributed by atoms with Crippen molar-refractivity contribution in [2.45, 2.75) is 6.04 Å². The fourth-order valence-electron chi connectivity index (χ4n) is 2.71. The van der Waals surface area contributed by atoms with E-state index in [2.05, 4.69) is 35.0 Å². The molecule has 2 aromatic heterocycles. The molecule has 0 aliphatic heterocycles. The fraction of sp³-hybridized carbons (Fsp3) is 0.105. The number of nitrogens with zero attached hydrogens (tertiary/aromatic N) is 1. The van der Waals surface area contributed by atoms with E-state index >= 15 is 0 Å². The van der Waals surface area contributed by atoms with Gasteiger partial charge in [0.1, 0.15) is 10.8 Å². The molecule has 0 spiro atoms. The number of thiophene rings is 1. The van der Waals surface area contributed by atoms with E-state index < -0.39 is 0 Å². The zero-order valence-electron chi connectivity index (χ0n) is 13.1. The minimum atomic E-state index is -0.247. The lowest BCUT2D eigenvalue weighted by atomic mass is 10.1. The summed E-state index contributed by atoms with van der Waals surface area (Å²) in [4.78, 5) is 4.79. The third-order valence-electron chi connectivity index (χ3n) is 4.00. The first-order valence-corrected chi connectivity index (χ1v) is 9.34. The van der Waals surface area contributed by atoms with Gasteiger partial charge < -0.3 is 10.5 Å². The Bertz CT molecular complexity index is 990. The molecule has 0 fully saturated rings. The Morgan fingerprint density at radius 2 is 1.92 bits per heavy atom. The highest BCUT2D eigenvalue weighted by Gasteiger charge is 2.16. The van der Waals surface area contributed by atoms with Crippen molar-refractivity contribution in [2.75, 3.05) is 7.11 Å². The average molecular weight is 352 g/mol. The molecule has 2 aromatic carbocycles. The van der Waals surface area contributed by atoms with Gasteiger partial charge >= 0.3 is 0 Å². The van der Waals surface area contributed by atoms with Gasteiger partial charge in [0, 0.05) is 26.4 Å². The van der Waals surface area contributed by atoms with Gasteiger partial charge in [-0.1, -0.05) is 30.3 Å². The molecular formula is C19H16N2OS2. The molecule has 0 aliphatic carbocycles. The van der Waals surface area contributed by atoms with Crippen LogP contribution in [0.5, 0.6) is 5.75 Å². The average Bonchev–Trinajstić information content (AvgIpc) is 3.27. The van der Waals surface area contributed by atoms with Crippen molar-refractivity contribution < 1.29 is 4.74 Å². The van der Waals surface area contributed by atoms with Gasteiger partial charge in [-0.3, -0.25) is 0 Å². The van der Waals surface area contributed by atoms with Crippen molar-refractivity contribution >= 4 is 32.8 Å². The van der Waals surface area contributed by atoms with Crippen LogP contribution in [0.25, 0.3) is 21.3 Å². The molecule has 4 rings (SSSR count). The standard InChI is InChI=1S/C19H16N2OS2/c1-22-13-6-4-5-12(9-13)18(20)19-21-16(11-24-19)15-10-23-17-8-3-2-7-14(15)17/h2-11,18H,20H2,1H3. The second-order valence-electron chi connectivity index (χ2n) is 5.47. The first-order chi connectivity index (χ1) is 11.8. The number of methoxy groups -OCH3 is 1. The Morgan fingerprint density at radius 3 is 2.79 bits per heavy atom. The number of fused-ring (bicyclic) bond motifs is 1. The maximum absolute atomic E-state index is 6.41. The lowest BCUT2D eigenvalue weighted by Gasteiger charge is -2.10. The summed E-state index contributed by atoms with van der Waals surface area (Å²) in [5, 5.41) is 6.41. The number of aromatic nitrogens is 1. The van der Waals surface area contributed by atoms with Crippen molar-refractivity contribution in [1.29, 1.82) is 0 Å². The summed E-state index contributed by atoms with van der Waals surface area (Å²) >= 11 is 3.35. The molecule has 0 radical (unpaired) electrons. The molecule has 2 N–H and O–H groups in total. The number of thiazole rings is 1. The van der Waals surface area contributed by atoms with Gasteiger partial charge in [0.2, 0.25) is 0 Å². The van der Waals surface area contributed by atoms with Gasteiger partial charge in [-0.05, 0) is 23.8 Å². The summed E-state index contributed by atoms with van der Waals surface area (Å²) in [5.74, 6) is 0.809. The number of nitrogens with two attached hydrogens (primary N) is 1. The Hall–Kier alpha value is -2.21. The molecule has 0 amide bonds. The van der Waals surface area contributed by atoms with Crippen LogP contribution in [0.1, 0.15) is 16.6 Å². The molecule has 0 saturated heterocycles. The van der Waals surface area contributed by atoms with Crippen LogP contribution in [0.2, 0.25) is 0 Å². The first kappa shape index (κ1) is 15.3. The number of hydrogen-bond donors (Lipinski definition) is 1. The summed E-state index contributed by atoms with van der Waals surface area (Å²) in [5.41, 5.74) is 9.59. The fourth-order valence-corrected chi connectivity index (χ4v) is 4.51. The third kappa shape index (κ3) is 2.71. The van der Waals surface area contributed by atoms with Crippen molar-refractivity contribution in [3.63, 3.8) is 0 Å². The summed E-state index contributed by atoms with van der Waals surface area (Å²) < 4.78 is 6.56. The van der Waals surface area contributed by atoms with Crippen LogP contribution < -0.4 is 10.5 Å². The highest BCUT2D eigenvalue weighted by atomic mass is 32.1. The van der Waals surface area contributed by atoms with Crippen LogP contribution in [0.15, 0.2) is 59.3 Å². The molecule has 3 nitrogen and oxygen atoms in total. The van der Waals surface area contributed by atoms with E-state index in [0.29, 0.717) is 0 Å². The second kappa shape index (κ2) is 6.36. The maximum Gasteiger partial charge on any atom is 0.119 e. The molecule has 0 saturated carbocycles. The van der Waals surface area contributed by atoms with E-state index in [-0.39, 0.29) is 6.04 Å². The van der Waals surface area contributed by atoms with Crippen molar-refractivity contribution in [3.05, 3.63) is 69.9 Å². The van der Waals surface area contributed by atoms with Crippen LogP contribution in [0, 0.1) is 0 Å². The lowest BCUT2D eigenvalue weighted by molar-refractivity contribution is 0.414. The monoisotopic (exact) mass is 352 g/mol. The predicted molar refractivity (Wildman–Crippen MR) is 102 cm³/mol. The molecule has 24 heavy (non-hydrogen) atoms. The molecule has 2 heterocycles. The zero-order chi connectivity index (χ0) is 16.5. The van der Waals surface area contributed by atoms with E-state index in [1.54, 1.807) is 29.8 Å². The Kier molecular flexibility index (Phi) is 4.06. The first-order valence-electron chi connectivity index (χ1n) is 7.58. The lowest BCUT2D eigenvalue weighted by Crippen LogP contribution is -2.11. The Balaban J connectivity index is 1.69. The molecule has 5 heteroatoms. The highest BCUT2D eigenvalue weighted by molar-refractivity contribution is 7.17. The Morgan fingerprint density at radius 1 is 1.04 bits per heavy atom. The quantitative estimate of drug-likeness (QED) is 0.557. The second-order valence-corrected chi connectivity index (χ2v) is 7.27. The maximum atomic E-state index is 6.41. The van der Waals surface area contributed by atoms with Gasteiger partial charge in [-0.15, -0.1) is 22.7 Å². The summed E-state index contributed by atoms with van der Waals surface area (Å²) in [6.07, 6.45) is 0. The number of rotatable bonds is 4. The Labute approximate surface area is 148 Å². The van der Waals surface area contributed by atoms with E-state index in [9.17, 15) is 0 Å². The van der Waals surface area contributed by atoms with Crippen molar-refractivity contribution in [3.8, 4) is 17.0 Å². The smallest absolute Gasteiger partial charge is 0.119 e. The van der Waals surface area contributed by atoms with E-state index in [1.165, 1.54) is 15.6 Å². The van der Waals surface area contributed by atoms with Gasteiger partial charge in [-0.2, -0.15) is 0 Å². The van der Waals surface area contributed by atoms with Gasteiger partial charge in [0.25, 0.3) is 0 Å². The van der Waals surface area contributed by atoms with Crippen molar-refractivity contribution in [2.24, 2.45) is 5.73 Å². The summed E-state index contributed by atoms with van der Waals surface area (Å²) in [6.45, 7) is 0. The third-order valence-corrected chi connectivity index (χ3v) is 5.89. The summed E-state index contributed by atoms with van der Waals surface area (Å²) in [6, 6.07) is 16.0. The molecule has 4 aromatic rings. The predicted octanol–water partition coefficient (Wildman–Crippen LogP) is 5.08. The molecule has 0 bridgehead atoms. The van der Waals surface area contributed by atoms with Crippen LogP contribution in [0.3, 0.4) is 0 Å². The molecule has 120 valence electrons. The van der Waals surface area contributed by atoms with Crippen LogP contribution >= 0.6 is 22.7 Å². The topological polar surface area (TPSA) is 48.1 Å². The molecule has 1 atom stereocenters.